The van der Waals surface area contributed by atoms with Crippen LogP contribution in [0.25, 0.3) is 11.3 Å². The number of carbonyl (C=O) groups is 1. The van der Waals surface area contributed by atoms with Crippen molar-refractivity contribution in [2.75, 3.05) is 25.2 Å². The van der Waals surface area contributed by atoms with Crippen LogP contribution in [0.5, 0.6) is 5.75 Å². The topological polar surface area (TPSA) is 56.6 Å². The molecule has 126 valence electrons. The zero-order chi connectivity index (χ0) is 16.5. The minimum atomic E-state index is -0.312. The van der Waals surface area contributed by atoms with Crippen molar-refractivity contribution in [3.05, 3.63) is 30.5 Å². The number of rotatable bonds is 3. The molecule has 1 saturated heterocycles. The molecule has 3 heterocycles. The summed E-state index contributed by atoms with van der Waals surface area (Å²) >= 11 is 0. The third kappa shape index (κ3) is 2.67. The van der Waals surface area contributed by atoms with E-state index in [1.54, 1.807) is 12.0 Å². The molecule has 0 N–H and O–H groups in total. The SMILES string of the molecule is COc1cccc(-c2cn3c(n2)N(C(=O)[C@H]2CCCO2)CCC3)c1. The normalized spacial score (nSPS) is 20.0. The van der Waals surface area contributed by atoms with Crippen LogP contribution in [0.4, 0.5) is 5.95 Å². The molecule has 0 spiro atoms. The van der Waals surface area contributed by atoms with Gasteiger partial charge in [-0.15, -0.1) is 0 Å². The number of anilines is 1. The van der Waals surface area contributed by atoms with Crippen LogP contribution in [0.2, 0.25) is 0 Å². The van der Waals surface area contributed by atoms with Crippen molar-refractivity contribution in [1.29, 1.82) is 0 Å². The Morgan fingerprint density at radius 1 is 1.33 bits per heavy atom. The van der Waals surface area contributed by atoms with Crippen molar-refractivity contribution in [2.24, 2.45) is 0 Å². The number of nitrogens with zero attached hydrogens (tertiary/aromatic N) is 3. The monoisotopic (exact) mass is 327 g/mol. The van der Waals surface area contributed by atoms with Gasteiger partial charge in [0.05, 0.1) is 12.8 Å². The Kier molecular flexibility index (Phi) is 3.98. The molecule has 0 radical (unpaired) electrons. The predicted molar refractivity (Wildman–Crippen MR) is 90.2 cm³/mol. The lowest BCUT2D eigenvalue weighted by atomic mass is 10.1. The van der Waals surface area contributed by atoms with E-state index in [-0.39, 0.29) is 12.0 Å². The second kappa shape index (κ2) is 6.28. The molecule has 0 saturated carbocycles. The number of imidazole rings is 1. The fourth-order valence-corrected chi connectivity index (χ4v) is 3.36. The molecule has 6 nitrogen and oxygen atoms in total. The molecule has 1 atom stereocenters. The molecule has 1 aromatic heterocycles. The highest BCUT2D eigenvalue weighted by Crippen LogP contribution is 2.29. The number of fused-ring (bicyclic) bond motifs is 1. The third-order valence-corrected chi connectivity index (χ3v) is 4.61. The maximum absolute atomic E-state index is 12.7. The van der Waals surface area contributed by atoms with Gasteiger partial charge in [-0.3, -0.25) is 9.69 Å². The van der Waals surface area contributed by atoms with E-state index in [9.17, 15) is 4.79 Å². The predicted octanol–water partition coefficient (Wildman–Crippen LogP) is 2.47. The van der Waals surface area contributed by atoms with E-state index >= 15 is 0 Å². The zero-order valence-electron chi connectivity index (χ0n) is 13.8. The Morgan fingerprint density at radius 3 is 3.04 bits per heavy atom. The molecule has 24 heavy (non-hydrogen) atoms. The Morgan fingerprint density at radius 2 is 2.25 bits per heavy atom. The largest absolute Gasteiger partial charge is 0.497 e. The molecule has 0 unspecified atom stereocenters. The van der Waals surface area contributed by atoms with Gasteiger partial charge in [0, 0.05) is 31.5 Å². The number of aryl methyl sites for hydroxylation is 1. The maximum atomic E-state index is 12.7. The summed E-state index contributed by atoms with van der Waals surface area (Å²) in [5.74, 6) is 1.56. The lowest BCUT2D eigenvalue weighted by Gasteiger charge is -2.28. The standard InChI is InChI=1S/C18H21N3O3/c1-23-14-6-2-5-13(11-14)15-12-20-8-4-9-21(18(20)19-15)17(22)16-7-3-10-24-16/h2,5-6,11-12,16H,3-4,7-10H2,1H3/t16-/m1/s1. The Balaban J connectivity index is 1.66. The number of amides is 1. The number of ether oxygens (including phenoxy) is 2. The van der Waals surface area contributed by atoms with E-state index in [2.05, 4.69) is 4.57 Å². The number of methoxy groups -OCH3 is 1. The lowest BCUT2D eigenvalue weighted by molar-refractivity contribution is -0.127. The van der Waals surface area contributed by atoms with Crippen molar-refractivity contribution in [1.82, 2.24) is 9.55 Å². The van der Waals surface area contributed by atoms with Gasteiger partial charge < -0.3 is 14.0 Å². The minimum absolute atomic E-state index is 0.0382. The van der Waals surface area contributed by atoms with Crippen LogP contribution < -0.4 is 9.64 Å². The average Bonchev–Trinajstić information content (AvgIpc) is 3.30. The van der Waals surface area contributed by atoms with Gasteiger partial charge in [0.1, 0.15) is 11.9 Å². The van der Waals surface area contributed by atoms with Gasteiger partial charge in [0.15, 0.2) is 0 Å². The van der Waals surface area contributed by atoms with E-state index in [1.165, 1.54) is 0 Å². The molecule has 1 fully saturated rings. The van der Waals surface area contributed by atoms with Crippen LogP contribution in [0.3, 0.4) is 0 Å². The molecule has 1 amide bonds. The highest BCUT2D eigenvalue weighted by molar-refractivity contribution is 5.95. The molecular weight excluding hydrogens is 306 g/mol. The highest BCUT2D eigenvalue weighted by atomic mass is 16.5. The van der Waals surface area contributed by atoms with Crippen molar-refractivity contribution in [2.45, 2.75) is 31.9 Å². The molecular formula is C18H21N3O3. The first-order chi connectivity index (χ1) is 11.8. The van der Waals surface area contributed by atoms with E-state index in [0.29, 0.717) is 13.2 Å². The summed E-state index contributed by atoms with van der Waals surface area (Å²) < 4.78 is 12.9. The van der Waals surface area contributed by atoms with Gasteiger partial charge in [-0.05, 0) is 31.4 Å². The van der Waals surface area contributed by atoms with Gasteiger partial charge in [0.2, 0.25) is 5.95 Å². The Labute approximate surface area is 141 Å². The fraction of sp³-hybridized carbons (Fsp3) is 0.444. The summed E-state index contributed by atoms with van der Waals surface area (Å²) in [6.07, 6.45) is 4.39. The fourth-order valence-electron chi connectivity index (χ4n) is 3.36. The Bertz CT molecular complexity index is 750. The van der Waals surface area contributed by atoms with E-state index in [4.69, 9.17) is 14.5 Å². The zero-order valence-corrected chi connectivity index (χ0v) is 13.8. The van der Waals surface area contributed by atoms with Crippen LogP contribution >= 0.6 is 0 Å². The van der Waals surface area contributed by atoms with E-state index in [1.807, 2.05) is 30.5 Å². The highest BCUT2D eigenvalue weighted by Gasteiger charge is 2.33. The van der Waals surface area contributed by atoms with Crippen LogP contribution in [0.1, 0.15) is 19.3 Å². The smallest absolute Gasteiger partial charge is 0.258 e. The first kappa shape index (κ1) is 15.2. The number of hydrogen-bond donors (Lipinski definition) is 0. The van der Waals surface area contributed by atoms with Crippen LogP contribution in [-0.4, -0.2) is 41.8 Å². The van der Waals surface area contributed by atoms with Crippen LogP contribution in [0, 0.1) is 0 Å². The first-order valence-electron chi connectivity index (χ1n) is 8.41. The van der Waals surface area contributed by atoms with Crippen molar-refractivity contribution >= 4 is 11.9 Å². The molecule has 4 rings (SSSR count). The number of carbonyl (C=O) groups excluding carboxylic acids is 1. The molecule has 2 aromatic rings. The first-order valence-corrected chi connectivity index (χ1v) is 8.41. The molecule has 0 aliphatic carbocycles. The second-order valence-corrected chi connectivity index (χ2v) is 6.20. The quantitative estimate of drug-likeness (QED) is 0.869. The molecule has 6 heteroatoms. The number of aromatic nitrogens is 2. The summed E-state index contributed by atoms with van der Waals surface area (Å²) in [5.41, 5.74) is 1.84. The number of hydrogen-bond acceptors (Lipinski definition) is 4. The average molecular weight is 327 g/mol. The molecule has 2 aliphatic rings. The van der Waals surface area contributed by atoms with Crippen molar-refractivity contribution in [3.63, 3.8) is 0 Å². The van der Waals surface area contributed by atoms with E-state index in [0.717, 1.165) is 48.8 Å². The van der Waals surface area contributed by atoms with Gasteiger partial charge in [0.25, 0.3) is 5.91 Å². The second-order valence-electron chi connectivity index (χ2n) is 6.20. The summed E-state index contributed by atoms with van der Waals surface area (Å²) in [6, 6.07) is 7.82. The van der Waals surface area contributed by atoms with Gasteiger partial charge >= 0.3 is 0 Å². The Hall–Kier alpha value is -2.34. The van der Waals surface area contributed by atoms with Crippen LogP contribution in [-0.2, 0) is 16.1 Å². The van der Waals surface area contributed by atoms with E-state index < -0.39 is 0 Å². The maximum Gasteiger partial charge on any atom is 0.258 e. The molecule has 1 aromatic carbocycles. The lowest BCUT2D eigenvalue weighted by Crippen LogP contribution is -2.43. The number of benzene rings is 1. The van der Waals surface area contributed by atoms with Crippen molar-refractivity contribution in [3.8, 4) is 17.0 Å². The molecule has 0 bridgehead atoms. The van der Waals surface area contributed by atoms with Gasteiger partial charge in [-0.25, -0.2) is 4.98 Å². The summed E-state index contributed by atoms with van der Waals surface area (Å²) in [5, 5.41) is 0. The van der Waals surface area contributed by atoms with Crippen LogP contribution in [0.15, 0.2) is 30.5 Å². The van der Waals surface area contributed by atoms with Gasteiger partial charge in [-0.2, -0.15) is 0 Å². The summed E-state index contributed by atoms with van der Waals surface area (Å²) in [7, 11) is 1.65. The van der Waals surface area contributed by atoms with Crippen molar-refractivity contribution < 1.29 is 14.3 Å². The minimum Gasteiger partial charge on any atom is -0.497 e. The summed E-state index contributed by atoms with van der Waals surface area (Å²) in [6.45, 7) is 2.25. The third-order valence-electron chi connectivity index (χ3n) is 4.61. The molecule has 2 aliphatic heterocycles. The summed E-state index contributed by atoms with van der Waals surface area (Å²) in [4.78, 5) is 19.2. The van der Waals surface area contributed by atoms with Gasteiger partial charge in [-0.1, -0.05) is 12.1 Å².